The van der Waals surface area contributed by atoms with Crippen LogP contribution in [-0.2, 0) is 6.54 Å². The average Bonchev–Trinajstić information content (AvgIpc) is 2.66. The molecule has 0 radical (unpaired) electrons. The van der Waals surface area contributed by atoms with Crippen LogP contribution in [0.5, 0.6) is 0 Å². The molecule has 0 amide bonds. The van der Waals surface area contributed by atoms with Crippen molar-refractivity contribution < 1.29 is 0 Å². The van der Waals surface area contributed by atoms with E-state index in [0.717, 1.165) is 18.9 Å². The minimum Gasteiger partial charge on any atom is -0.380 e. The first-order chi connectivity index (χ1) is 7.78. The first-order valence-corrected chi connectivity index (χ1v) is 6.57. The monoisotopic (exact) mass is 221 g/mol. The van der Waals surface area contributed by atoms with Gasteiger partial charge in [-0.25, -0.2) is 0 Å². The van der Waals surface area contributed by atoms with Crippen LogP contribution < -0.4 is 5.32 Å². The molecular formula is C13H23N3. The zero-order chi connectivity index (χ0) is 11.4. The average molecular weight is 221 g/mol. The molecule has 1 heterocycles. The normalized spacial score (nSPS) is 25.6. The Morgan fingerprint density at radius 3 is 3.12 bits per heavy atom. The van der Waals surface area contributed by atoms with Crippen molar-refractivity contribution in [2.45, 2.75) is 58.5 Å². The van der Waals surface area contributed by atoms with Crippen molar-refractivity contribution in [1.82, 2.24) is 9.78 Å². The van der Waals surface area contributed by atoms with E-state index >= 15 is 0 Å². The van der Waals surface area contributed by atoms with Crippen molar-refractivity contribution in [2.75, 3.05) is 5.32 Å². The van der Waals surface area contributed by atoms with E-state index in [-0.39, 0.29) is 0 Å². The van der Waals surface area contributed by atoms with E-state index in [0.29, 0.717) is 6.04 Å². The molecule has 1 saturated carbocycles. The molecule has 1 aromatic heterocycles. The van der Waals surface area contributed by atoms with E-state index in [1.54, 1.807) is 0 Å². The molecule has 2 unspecified atom stereocenters. The summed E-state index contributed by atoms with van der Waals surface area (Å²) in [6.07, 6.45) is 10.6. The van der Waals surface area contributed by atoms with Gasteiger partial charge in [-0.3, -0.25) is 4.68 Å². The third kappa shape index (κ3) is 3.00. The zero-order valence-electron chi connectivity index (χ0n) is 10.4. The summed E-state index contributed by atoms with van der Waals surface area (Å²) < 4.78 is 2.02. The number of aryl methyl sites for hydroxylation is 1. The molecule has 0 saturated heterocycles. The molecule has 90 valence electrons. The molecule has 3 nitrogen and oxygen atoms in total. The van der Waals surface area contributed by atoms with Crippen LogP contribution in [0, 0.1) is 5.92 Å². The number of rotatable bonds is 4. The van der Waals surface area contributed by atoms with E-state index < -0.39 is 0 Å². The van der Waals surface area contributed by atoms with Crippen molar-refractivity contribution in [1.29, 1.82) is 0 Å². The van der Waals surface area contributed by atoms with Gasteiger partial charge in [0.25, 0.3) is 0 Å². The first kappa shape index (κ1) is 11.5. The van der Waals surface area contributed by atoms with Gasteiger partial charge in [-0.05, 0) is 25.2 Å². The predicted molar refractivity (Wildman–Crippen MR) is 67.6 cm³/mol. The van der Waals surface area contributed by atoms with E-state index in [1.165, 1.54) is 31.4 Å². The van der Waals surface area contributed by atoms with Crippen LogP contribution in [-0.4, -0.2) is 15.8 Å². The molecule has 3 heteroatoms. The van der Waals surface area contributed by atoms with Gasteiger partial charge in [-0.2, -0.15) is 5.10 Å². The van der Waals surface area contributed by atoms with Gasteiger partial charge >= 0.3 is 0 Å². The summed E-state index contributed by atoms with van der Waals surface area (Å²) >= 11 is 0. The highest BCUT2D eigenvalue weighted by Gasteiger charge is 2.18. The highest BCUT2D eigenvalue weighted by Crippen LogP contribution is 2.25. The summed E-state index contributed by atoms with van der Waals surface area (Å²) in [6, 6.07) is 0.656. The molecule has 0 bridgehead atoms. The standard InChI is InChI=1S/C13H23N3/c1-3-7-16-10-13(9-14-16)15-12-6-4-5-11(2)8-12/h9-12,15H,3-8H2,1-2H3. The van der Waals surface area contributed by atoms with Crippen LogP contribution in [0.25, 0.3) is 0 Å². The molecular weight excluding hydrogens is 198 g/mol. The Morgan fingerprint density at radius 1 is 1.50 bits per heavy atom. The highest BCUT2D eigenvalue weighted by molar-refractivity contribution is 5.39. The van der Waals surface area contributed by atoms with Crippen molar-refractivity contribution in [3.8, 4) is 0 Å². The lowest BCUT2D eigenvalue weighted by atomic mass is 9.87. The summed E-state index contributed by atoms with van der Waals surface area (Å²) in [4.78, 5) is 0. The van der Waals surface area contributed by atoms with Gasteiger partial charge in [0.15, 0.2) is 0 Å². The summed E-state index contributed by atoms with van der Waals surface area (Å²) in [5.41, 5.74) is 1.19. The second-order valence-corrected chi connectivity index (χ2v) is 5.11. The molecule has 1 fully saturated rings. The molecule has 1 aliphatic rings. The van der Waals surface area contributed by atoms with Crippen LogP contribution in [0.2, 0.25) is 0 Å². The number of anilines is 1. The van der Waals surface area contributed by atoms with Gasteiger partial charge in [0.1, 0.15) is 0 Å². The van der Waals surface area contributed by atoms with E-state index in [9.17, 15) is 0 Å². The van der Waals surface area contributed by atoms with Crippen LogP contribution in [0.1, 0.15) is 46.0 Å². The van der Waals surface area contributed by atoms with Crippen LogP contribution in [0.3, 0.4) is 0 Å². The number of hydrogen-bond acceptors (Lipinski definition) is 2. The number of nitrogens with one attached hydrogen (secondary N) is 1. The molecule has 0 aliphatic heterocycles. The Morgan fingerprint density at radius 2 is 2.38 bits per heavy atom. The molecule has 0 aromatic carbocycles. The van der Waals surface area contributed by atoms with E-state index in [1.807, 2.05) is 10.9 Å². The fourth-order valence-corrected chi connectivity index (χ4v) is 2.59. The summed E-state index contributed by atoms with van der Waals surface area (Å²) in [5, 5.41) is 7.95. The minimum absolute atomic E-state index is 0.656. The Bertz CT molecular complexity index is 319. The maximum absolute atomic E-state index is 4.34. The third-order valence-electron chi connectivity index (χ3n) is 3.39. The maximum Gasteiger partial charge on any atom is 0.0728 e. The Labute approximate surface area is 98.2 Å². The summed E-state index contributed by atoms with van der Waals surface area (Å²) in [6.45, 7) is 5.55. The molecule has 2 atom stereocenters. The third-order valence-corrected chi connectivity index (χ3v) is 3.39. The van der Waals surface area contributed by atoms with Gasteiger partial charge in [0, 0.05) is 18.8 Å². The molecule has 0 spiro atoms. The molecule has 16 heavy (non-hydrogen) atoms. The van der Waals surface area contributed by atoms with Crippen molar-refractivity contribution in [3.63, 3.8) is 0 Å². The number of aromatic nitrogens is 2. The Hall–Kier alpha value is -0.990. The molecule has 1 aliphatic carbocycles. The van der Waals surface area contributed by atoms with Gasteiger partial charge in [-0.15, -0.1) is 0 Å². The largest absolute Gasteiger partial charge is 0.380 e. The van der Waals surface area contributed by atoms with Gasteiger partial charge in [0.05, 0.1) is 11.9 Å². The maximum atomic E-state index is 4.34. The summed E-state index contributed by atoms with van der Waals surface area (Å²) in [5.74, 6) is 0.872. The van der Waals surface area contributed by atoms with Gasteiger partial charge in [0.2, 0.25) is 0 Å². The van der Waals surface area contributed by atoms with Gasteiger partial charge < -0.3 is 5.32 Å². The predicted octanol–water partition coefficient (Wildman–Crippen LogP) is 3.28. The van der Waals surface area contributed by atoms with Crippen molar-refractivity contribution in [2.24, 2.45) is 5.92 Å². The van der Waals surface area contributed by atoms with Crippen LogP contribution >= 0.6 is 0 Å². The topological polar surface area (TPSA) is 29.9 Å². The quantitative estimate of drug-likeness (QED) is 0.845. The fourth-order valence-electron chi connectivity index (χ4n) is 2.59. The Balaban J connectivity index is 1.87. The molecule has 1 N–H and O–H groups in total. The fraction of sp³-hybridized carbons (Fsp3) is 0.769. The lowest BCUT2D eigenvalue weighted by molar-refractivity contribution is 0.358. The summed E-state index contributed by atoms with van der Waals surface area (Å²) in [7, 11) is 0. The van der Waals surface area contributed by atoms with Crippen LogP contribution in [0.15, 0.2) is 12.4 Å². The Kier molecular flexibility index (Phi) is 3.86. The number of nitrogens with zero attached hydrogens (tertiary/aromatic N) is 2. The van der Waals surface area contributed by atoms with Crippen molar-refractivity contribution in [3.05, 3.63) is 12.4 Å². The second-order valence-electron chi connectivity index (χ2n) is 5.11. The zero-order valence-corrected chi connectivity index (χ0v) is 10.4. The first-order valence-electron chi connectivity index (χ1n) is 6.57. The SMILES string of the molecule is CCCn1cc(NC2CCCC(C)C2)cn1. The minimum atomic E-state index is 0.656. The van der Waals surface area contributed by atoms with Gasteiger partial charge in [-0.1, -0.05) is 26.7 Å². The van der Waals surface area contributed by atoms with Crippen molar-refractivity contribution >= 4 is 5.69 Å². The van der Waals surface area contributed by atoms with Crippen LogP contribution in [0.4, 0.5) is 5.69 Å². The highest BCUT2D eigenvalue weighted by atomic mass is 15.3. The second kappa shape index (κ2) is 5.37. The number of hydrogen-bond donors (Lipinski definition) is 1. The molecule has 2 rings (SSSR count). The smallest absolute Gasteiger partial charge is 0.0728 e. The van der Waals surface area contributed by atoms with E-state index in [4.69, 9.17) is 0 Å². The lowest BCUT2D eigenvalue weighted by Crippen LogP contribution is -2.25. The lowest BCUT2D eigenvalue weighted by Gasteiger charge is -2.27. The van der Waals surface area contributed by atoms with E-state index in [2.05, 4.69) is 30.5 Å². The molecule has 1 aromatic rings.